The van der Waals surface area contributed by atoms with Gasteiger partial charge in [-0.15, -0.1) is 0 Å². The second-order valence-corrected chi connectivity index (χ2v) is 4.34. The zero-order valence-electron chi connectivity index (χ0n) is 9.27. The van der Waals surface area contributed by atoms with Gasteiger partial charge in [0.25, 0.3) is 0 Å². The van der Waals surface area contributed by atoms with Crippen LogP contribution in [0.1, 0.15) is 65.2 Å². The molecule has 1 saturated carbocycles. The van der Waals surface area contributed by atoms with Crippen LogP contribution in [-0.4, -0.2) is 12.2 Å². The van der Waals surface area contributed by atoms with E-state index in [0.717, 1.165) is 6.61 Å². The fraction of sp³-hybridized carbons (Fsp3) is 1.00. The summed E-state index contributed by atoms with van der Waals surface area (Å²) < 4.78 is 5.70. The van der Waals surface area contributed by atoms with Gasteiger partial charge in [-0.05, 0) is 25.7 Å². The highest BCUT2D eigenvalue weighted by Gasteiger charge is 2.37. The van der Waals surface area contributed by atoms with Gasteiger partial charge in [0.05, 0.1) is 5.60 Å². The molecule has 1 aliphatic heterocycles. The van der Waals surface area contributed by atoms with E-state index in [0.29, 0.717) is 5.60 Å². The number of unbranched alkanes of at least 4 members (excludes halogenated alkanes) is 1. The molecule has 1 heteroatoms. The molecule has 0 atom stereocenters. The van der Waals surface area contributed by atoms with Gasteiger partial charge in [0.1, 0.15) is 0 Å². The van der Waals surface area contributed by atoms with Gasteiger partial charge >= 0.3 is 0 Å². The summed E-state index contributed by atoms with van der Waals surface area (Å²) in [4.78, 5) is 0. The Morgan fingerprint density at radius 3 is 1.85 bits per heavy atom. The minimum atomic E-state index is 0.389. The molecule has 0 aromatic rings. The van der Waals surface area contributed by atoms with Crippen LogP contribution in [0.2, 0.25) is 0 Å². The van der Waals surface area contributed by atoms with E-state index in [1.165, 1.54) is 51.4 Å². The van der Waals surface area contributed by atoms with Crippen LogP contribution in [0.15, 0.2) is 0 Å². The van der Waals surface area contributed by atoms with Gasteiger partial charge < -0.3 is 4.74 Å². The van der Waals surface area contributed by atoms with Crippen molar-refractivity contribution in [3.8, 4) is 0 Å². The van der Waals surface area contributed by atoms with Crippen molar-refractivity contribution in [2.45, 2.75) is 70.8 Å². The largest absolute Gasteiger partial charge is 0.375 e. The Morgan fingerprint density at radius 2 is 1.46 bits per heavy atom. The van der Waals surface area contributed by atoms with E-state index in [9.17, 15) is 0 Å². The Kier molecular flexibility index (Phi) is 4.79. The first-order chi connectivity index (χ1) is 6.33. The summed E-state index contributed by atoms with van der Waals surface area (Å²) in [6, 6.07) is 0. The Hall–Kier alpha value is -0.0400. The van der Waals surface area contributed by atoms with Gasteiger partial charge in [-0.1, -0.05) is 39.5 Å². The van der Waals surface area contributed by atoms with Crippen LogP contribution in [0.5, 0.6) is 0 Å². The lowest BCUT2D eigenvalue weighted by molar-refractivity contribution is 0.0105. The summed E-state index contributed by atoms with van der Waals surface area (Å²) >= 11 is 0. The fourth-order valence-corrected chi connectivity index (χ4v) is 2.17. The zero-order chi connectivity index (χ0) is 9.57. The van der Waals surface area contributed by atoms with Crippen LogP contribution in [0.25, 0.3) is 0 Å². The average molecular weight is 184 g/mol. The first-order valence-electron chi connectivity index (χ1n) is 5.97. The lowest BCUT2D eigenvalue weighted by Gasteiger charge is -2.20. The Morgan fingerprint density at radius 1 is 0.923 bits per heavy atom. The summed E-state index contributed by atoms with van der Waals surface area (Å²) in [5.74, 6) is 0. The Bertz CT molecular complexity index is 99.6. The molecule has 2 rings (SSSR count). The van der Waals surface area contributed by atoms with E-state index >= 15 is 0 Å². The molecule has 1 heterocycles. The predicted octanol–water partition coefficient (Wildman–Crippen LogP) is 3.92. The predicted molar refractivity (Wildman–Crippen MR) is 57.0 cm³/mol. The molecule has 0 aromatic heterocycles. The molecular formula is C12H24O. The normalized spacial score (nSPS) is 24.5. The maximum atomic E-state index is 5.70. The van der Waals surface area contributed by atoms with Crippen LogP contribution < -0.4 is 0 Å². The number of hydrogen-bond donors (Lipinski definition) is 0. The maximum Gasteiger partial charge on any atom is 0.0683 e. The van der Waals surface area contributed by atoms with Crippen molar-refractivity contribution >= 4 is 0 Å². The topological polar surface area (TPSA) is 9.23 Å². The van der Waals surface area contributed by atoms with E-state index in [4.69, 9.17) is 4.74 Å². The van der Waals surface area contributed by atoms with Crippen molar-refractivity contribution in [1.29, 1.82) is 0 Å². The molecule has 1 saturated heterocycles. The van der Waals surface area contributed by atoms with Gasteiger partial charge in [-0.3, -0.25) is 0 Å². The van der Waals surface area contributed by atoms with Gasteiger partial charge in [0.2, 0.25) is 0 Å². The van der Waals surface area contributed by atoms with Gasteiger partial charge in [0, 0.05) is 6.61 Å². The third kappa shape index (κ3) is 3.30. The van der Waals surface area contributed by atoms with E-state index in [1.54, 1.807) is 0 Å². The molecule has 0 bridgehead atoms. The van der Waals surface area contributed by atoms with Crippen molar-refractivity contribution in [3.05, 3.63) is 0 Å². The molecule has 0 radical (unpaired) electrons. The minimum Gasteiger partial charge on any atom is -0.375 e. The van der Waals surface area contributed by atoms with Gasteiger partial charge in [0.15, 0.2) is 0 Å². The van der Waals surface area contributed by atoms with Crippen LogP contribution >= 0.6 is 0 Å². The van der Waals surface area contributed by atoms with Crippen molar-refractivity contribution in [2.24, 2.45) is 0 Å². The summed E-state index contributed by atoms with van der Waals surface area (Å²) in [6.07, 6.45) is 10.8. The number of rotatable bonds is 1. The average Bonchev–Trinajstić information content (AvgIpc) is 2.80. The monoisotopic (exact) mass is 184 g/mol. The van der Waals surface area contributed by atoms with Crippen molar-refractivity contribution in [1.82, 2.24) is 0 Å². The van der Waals surface area contributed by atoms with Crippen molar-refractivity contribution in [3.63, 3.8) is 0 Å². The number of hydrogen-bond acceptors (Lipinski definition) is 1. The summed E-state index contributed by atoms with van der Waals surface area (Å²) in [6.45, 7) is 5.39. The van der Waals surface area contributed by atoms with Crippen LogP contribution in [0.4, 0.5) is 0 Å². The molecular weight excluding hydrogens is 160 g/mol. The second-order valence-electron chi connectivity index (χ2n) is 4.34. The molecule has 0 amide bonds. The molecule has 0 N–H and O–H groups in total. The second kappa shape index (κ2) is 5.64. The minimum absolute atomic E-state index is 0.389. The molecule has 2 aliphatic rings. The third-order valence-corrected chi connectivity index (χ3v) is 3.20. The van der Waals surface area contributed by atoms with Crippen LogP contribution in [0.3, 0.4) is 0 Å². The van der Waals surface area contributed by atoms with E-state index in [-0.39, 0.29) is 0 Å². The summed E-state index contributed by atoms with van der Waals surface area (Å²) in [5.41, 5.74) is 0.389. The molecule has 1 nitrogen and oxygen atoms in total. The molecule has 0 aromatic carbocycles. The van der Waals surface area contributed by atoms with Gasteiger partial charge in [-0.25, -0.2) is 0 Å². The highest BCUT2D eigenvalue weighted by molar-refractivity contribution is 4.89. The maximum absolute atomic E-state index is 5.70. The van der Waals surface area contributed by atoms with E-state index in [1.807, 2.05) is 0 Å². The highest BCUT2D eigenvalue weighted by atomic mass is 16.5. The van der Waals surface area contributed by atoms with Crippen molar-refractivity contribution in [2.75, 3.05) is 6.61 Å². The summed E-state index contributed by atoms with van der Waals surface area (Å²) in [5, 5.41) is 0. The first kappa shape index (κ1) is 11.0. The Labute approximate surface area is 82.9 Å². The lowest BCUT2D eigenvalue weighted by atomic mass is 9.99. The van der Waals surface area contributed by atoms with Crippen LogP contribution in [-0.2, 0) is 4.74 Å². The SMILES string of the molecule is C1CCC2(C1)CCCO2.CCCC. The third-order valence-electron chi connectivity index (χ3n) is 3.20. The molecule has 2 fully saturated rings. The smallest absolute Gasteiger partial charge is 0.0683 e. The van der Waals surface area contributed by atoms with Crippen molar-refractivity contribution < 1.29 is 4.74 Å². The summed E-state index contributed by atoms with van der Waals surface area (Å²) in [7, 11) is 0. The zero-order valence-corrected chi connectivity index (χ0v) is 9.27. The van der Waals surface area contributed by atoms with Crippen LogP contribution in [0, 0.1) is 0 Å². The molecule has 13 heavy (non-hydrogen) atoms. The Balaban J connectivity index is 0.000000184. The molecule has 1 aliphatic carbocycles. The fourth-order valence-electron chi connectivity index (χ4n) is 2.17. The molecule has 78 valence electrons. The van der Waals surface area contributed by atoms with Gasteiger partial charge in [-0.2, -0.15) is 0 Å². The lowest BCUT2D eigenvalue weighted by Crippen LogP contribution is -2.21. The highest BCUT2D eigenvalue weighted by Crippen LogP contribution is 2.40. The quantitative estimate of drug-likeness (QED) is 0.600. The molecule has 1 spiro atoms. The van der Waals surface area contributed by atoms with E-state index < -0.39 is 0 Å². The molecule has 0 unspecified atom stereocenters. The van der Waals surface area contributed by atoms with E-state index in [2.05, 4.69) is 13.8 Å². The standard InChI is InChI=1S/C8H14O.C4H10/c1-2-5-8(4-1)6-3-7-9-8;1-3-4-2/h1-7H2;3-4H2,1-2H3. The number of ether oxygens (including phenoxy) is 1. The first-order valence-corrected chi connectivity index (χ1v) is 5.97.